The summed E-state index contributed by atoms with van der Waals surface area (Å²) in [7, 11) is 1.83. The Kier molecular flexibility index (Phi) is 5.86. The number of rotatable bonds is 5. The van der Waals surface area contributed by atoms with Crippen molar-refractivity contribution in [2.75, 3.05) is 25.0 Å². The number of thiazole rings is 1. The first-order valence-electron chi connectivity index (χ1n) is 11.2. The van der Waals surface area contributed by atoms with Crippen molar-refractivity contribution in [3.8, 4) is 5.69 Å². The van der Waals surface area contributed by atoms with E-state index >= 15 is 0 Å². The Labute approximate surface area is 196 Å². The van der Waals surface area contributed by atoms with Gasteiger partial charge in [-0.25, -0.2) is 9.67 Å². The van der Waals surface area contributed by atoms with Gasteiger partial charge in [0.15, 0.2) is 0 Å². The zero-order valence-corrected chi connectivity index (χ0v) is 19.6. The molecule has 0 saturated carbocycles. The molecular weight excluding hydrogens is 434 g/mol. The Morgan fingerprint density at radius 2 is 1.91 bits per heavy atom. The van der Waals surface area contributed by atoms with E-state index in [0.29, 0.717) is 11.6 Å². The summed E-state index contributed by atoms with van der Waals surface area (Å²) in [5.74, 6) is 0.170. The minimum absolute atomic E-state index is 0.161. The van der Waals surface area contributed by atoms with Gasteiger partial charge in [0.1, 0.15) is 5.69 Å². The van der Waals surface area contributed by atoms with Crippen molar-refractivity contribution in [1.82, 2.24) is 19.2 Å². The Morgan fingerprint density at radius 1 is 1.15 bits per heavy atom. The lowest BCUT2D eigenvalue weighted by Crippen LogP contribution is -2.40. The highest BCUT2D eigenvalue weighted by Gasteiger charge is 2.26. The second-order valence-electron chi connectivity index (χ2n) is 8.58. The summed E-state index contributed by atoms with van der Waals surface area (Å²) in [5, 5.41) is 4.03. The van der Waals surface area contributed by atoms with Gasteiger partial charge in [-0.05, 0) is 50.6 Å². The summed E-state index contributed by atoms with van der Waals surface area (Å²) in [5.41, 5.74) is 2.65. The lowest BCUT2D eigenvalue weighted by atomic mass is 9.99. The highest BCUT2D eigenvalue weighted by Crippen LogP contribution is 2.32. The minimum Gasteiger partial charge on any atom is -0.319 e. The fraction of sp³-hybridized carbons (Fsp3) is 0.320. The Balaban J connectivity index is 1.29. The Morgan fingerprint density at radius 3 is 2.70 bits per heavy atom. The average Bonchev–Trinajstić information content (AvgIpc) is 3.35. The second kappa shape index (κ2) is 8.96. The number of likely N-dealkylation sites (tertiary alicyclic amines) is 1. The summed E-state index contributed by atoms with van der Waals surface area (Å²) in [6.45, 7) is 3.78. The topological polar surface area (TPSA) is 72.2 Å². The van der Waals surface area contributed by atoms with Gasteiger partial charge >= 0.3 is 0 Å². The molecule has 0 spiro atoms. The summed E-state index contributed by atoms with van der Waals surface area (Å²) in [6, 6.07) is 17.7. The van der Waals surface area contributed by atoms with Crippen molar-refractivity contribution in [1.29, 1.82) is 0 Å². The molecule has 1 unspecified atom stereocenters. The molecule has 33 heavy (non-hydrogen) atoms. The maximum atomic E-state index is 13.1. The first-order chi connectivity index (χ1) is 16.0. The molecule has 1 N–H and O–H groups in total. The predicted octanol–water partition coefficient (Wildman–Crippen LogP) is 3.91. The molecule has 0 bridgehead atoms. The smallest absolute Gasteiger partial charge is 0.295 e. The third-order valence-electron chi connectivity index (χ3n) is 6.35. The number of carbonyl (C=O) groups excluding carboxylic acids is 1. The fourth-order valence-electron chi connectivity index (χ4n) is 4.56. The second-order valence-corrected chi connectivity index (χ2v) is 9.64. The van der Waals surface area contributed by atoms with Crippen LogP contribution in [-0.2, 0) is 11.8 Å². The van der Waals surface area contributed by atoms with E-state index in [4.69, 9.17) is 4.98 Å². The number of piperidine rings is 1. The summed E-state index contributed by atoms with van der Waals surface area (Å²) in [6.07, 6.45) is 2.11. The number of carbonyl (C=O) groups is 1. The first kappa shape index (κ1) is 21.6. The van der Waals surface area contributed by atoms with Crippen LogP contribution in [0.1, 0.15) is 29.5 Å². The lowest BCUT2D eigenvalue weighted by molar-refractivity contribution is -0.117. The Bertz CT molecular complexity index is 1320. The van der Waals surface area contributed by atoms with Gasteiger partial charge in [-0.3, -0.25) is 19.2 Å². The molecule has 0 radical (unpaired) electrons. The molecule has 7 nitrogen and oxygen atoms in total. The highest BCUT2D eigenvalue weighted by atomic mass is 32.1. The van der Waals surface area contributed by atoms with E-state index in [1.165, 1.54) is 4.70 Å². The van der Waals surface area contributed by atoms with E-state index in [9.17, 15) is 9.59 Å². The van der Waals surface area contributed by atoms with Crippen molar-refractivity contribution in [3.05, 3.63) is 75.7 Å². The van der Waals surface area contributed by atoms with Crippen LogP contribution in [0.5, 0.6) is 0 Å². The molecule has 3 heterocycles. The minimum atomic E-state index is -0.222. The quantitative estimate of drug-likeness (QED) is 0.489. The van der Waals surface area contributed by atoms with Crippen molar-refractivity contribution in [3.63, 3.8) is 0 Å². The number of hydrogen-bond acceptors (Lipinski definition) is 5. The molecule has 5 rings (SSSR count). The molecule has 1 saturated heterocycles. The van der Waals surface area contributed by atoms with Gasteiger partial charge in [-0.2, -0.15) is 0 Å². The van der Waals surface area contributed by atoms with Crippen LogP contribution >= 0.6 is 11.3 Å². The van der Waals surface area contributed by atoms with Crippen LogP contribution in [0, 0.1) is 6.92 Å². The first-order valence-corrected chi connectivity index (χ1v) is 12.0. The third kappa shape index (κ3) is 4.24. The maximum absolute atomic E-state index is 13.1. The van der Waals surface area contributed by atoms with Gasteiger partial charge in [0.05, 0.1) is 33.2 Å². The summed E-state index contributed by atoms with van der Waals surface area (Å²) >= 11 is 1.75. The number of amides is 1. The maximum Gasteiger partial charge on any atom is 0.295 e. The van der Waals surface area contributed by atoms with E-state index in [-0.39, 0.29) is 18.0 Å². The van der Waals surface area contributed by atoms with Crippen LogP contribution in [0.2, 0.25) is 0 Å². The van der Waals surface area contributed by atoms with Crippen LogP contribution < -0.4 is 10.9 Å². The third-order valence-corrected chi connectivity index (χ3v) is 7.55. The number of para-hydroxylation sites is 2. The lowest BCUT2D eigenvalue weighted by Gasteiger charge is -2.31. The van der Waals surface area contributed by atoms with E-state index in [2.05, 4.69) is 16.3 Å². The van der Waals surface area contributed by atoms with E-state index in [0.717, 1.165) is 47.8 Å². The molecule has 1 aliphatic rings. The van der Waals surface area contributed by atoms with Gasteiger partial charge in [0.25, 0.3) is 5.56 Å². The zero-order valence-electron chi connectivity index (χ0n) is 18.8. The van der Waals surface area contributed by atoms with Crippen LogP contribution in [0.4, 0.5) is 5.69 Å². The number of nitrogens with zero attached hydrogens (tertiary/aromatic N) is 4. The molecule has 8 heteroatoms. The average molecular weight is 462 g/mol. The number of aromatic nitrogens is 3. The standard InChI is InChI=1S/C25H27N5O2S/c1-17-23(25(32)30(28(17)2)19-10-4-3-5-11-19)27-22(31)16-29-14-8-9-18(15-29)24-26-20-12-6-7-13-21(20)33-24/h3-7,10-13,18H,8-9,14-16H2,1-2H3,(H,27,31). The molecule has 1 amide bonds. The van der Waals surface area contributed by atoms with Crippen molar-refractivity contribution < 1.29 is 4.79 Å². The molecule has 1 atom stereocenters. The largest absolute Gasteiger partial charge is 0.319 e. The van der Waals surface area contributed by atoms with Crippen LogP contribution in [0.3, 0.4) is 0 Å². The number of benzene rings is 2. The number of hydrogen-bond donors (Lipinski definition) is 1. The molecule has 0 aliphatic carbocycles. The number of anilines is 1. The molecule has 1 aliphatic heterocycles. The van der Waals surface area contributed by atoms with E-state index < -0.39 is 0 Å². The predicted molar refractivity (Wildman–Crippen MR) is 132 cm³/mol. The highest BCUT2D eigenvalue weighted by molar-refractivity contribution is 7.18. The van der Waals surface area contributed by atoms with Gasteiger partial charge in [0.2, 0.25) is 5.91 Å². The van der Waals surface area contributed by atoms with Crippen molar-refractivity contribution in [2.24, 2.45) is 7.05 Å². The summed E-state index contributed by atoms with van der Waals surface area (Å²) < 4.78 is 4.56. The van der Waals surface area contributed by atoms with E-state index in [1.54, 1.807) is 20.7 Å². The number of fused-ring (bicyclic) bond motifs is 1. The monoisotopic (exact) mass is 461 g/mol. The van der Waals surface area contributed by atoms with Crippen LogP contribution in [-0.4, -0.2) is 44.8 Å². The SMILES string of the molecule is Cc1c(NC(=O)CN2CCCC(c3nc4ccccc4s3)C2)c(=O)n(-c2ccccc2)n1C. The summed E-state index contributed by atoms with van der Waals surface area (Å²) in [4.78, 5) is 33.0. The van der Waals surface area contributed by atoms with Gasteiger partial charge in [-0.1, -0.05) is 30.3 Å². The Hall–Kier alpha value is -3.23. The fourth-order valence-corrected chi connectivity index (χ4v) is 5.65. The van der Waals surface area contributed by atoms with Crippen molar-refractivity contribution >= 4 is 33.1 Å². The normalized spacial score (nSPS) is 16.8. The van der Waals surface area contributed by atoms with Crippen LogP contribution in [0.25, 0.3) is 15.9 Å². The molecule has 2 aromatic carbocycles. The van der Waals surface area contributed by atoms with Gasteiger partial charge in [-0.15, -0.1) is 11.3 Å². The molecular formula is C25H27N5O2S. The van der Waals surface area contributed by atoms with Crippen molar-refractivity contribution in [2.45, 2.75) is 25.7 Å². The molecule has 4 aromatic rings. The zero-order chi connectivity index (χ0) is 22.9. The van der Waals surface area contributed by atoms with Crippen LogP contribution in [0.15, 0.2) is 59.4 Å². The molecule has 2 aromatic heterocycles. The molecule has 1 fully saturated rings. The van der Waals surface area contributed by atoms with Gasteiger partial charge in [0, 0.05) is 19.5 Å². The van der Waals surface area contributed by atoms with E-state index in [1.807, 2.05) is 62.5 Å². The molecule has 170 valence electrons. The number of nitrogens with one attached hydrogen (secondary N) is 1. The van der Waals surface area contributed by atoms with Gasteiger partial charge < -0.3 is 5.32 Å².